The number of benzene rings is 2. The number of H-pyrrole nitrogens is 1. The molecule has 0 spiro atoms. The number of amides is 2. The Morgan fingerprint density at radius 3 is 2.97 bits per heavy atom. The first-order valence-corrected chi connectivity index (χ1v) is 11.9. The van der Waals surface area contributed by atoms with Crippen molar-refractivity contribution in [3.63, 3.8) is 0 Å². The minimum atomic E-state index is -0.376. The van der Waals surface area contributed by atoms with Crippen LogP contribution in [0.25, 0.3) is 10.8 Å². The first-order chi connectivity index (χ1) is 16.5. The lowest BCUT2D eigenvalue weighted by molar-refractivity contribution is 0.262. The van der Waals surface area contributed by atoms with Crippen LogP contribution in [0.4, 0.5) is 16.3 Å². The molecule has 0 saturated heterocycles. The van der Waals surface area contributed by atoms with E-state index in [-0.39, 0.29) is 11.9 Å². The van der Waals surface area contributed by atoms with Crippen LogP contribution in [-0.2, 0) is 32.4 Å². The number of aromatic amines is 1. The predicted molar refractivity (Wildman–Crippen MR) is 133 cm³/mol. The number of rotatable bonds is 5. The zero-order chi connectivity index (χ0) is 23.2. The molecule has 34 heavy (non-hydrogen) atoms. The number of carbonyl (C=O) groups excluding carboxylic acids is 1. The molecular formula is C25H25ClN6O2. The van der Waals surface area contributed by atoms with E-state index >= 15 is 0 Å². The fourth-order valence-corrected chi connectivity index (χ4v) is 5.43. The van der Waals surface area contributed by atoms with E-state index in [0.29, 0.717) is 24.1 Å². The number of hydrogen-bond acceptors (Lipinski definition) is 4. The average Bonchev–Trinajstić information content (AvgIpc) is 3.59. The second-order valence-corrected chi connectivity index (χ2v) is 9.45. The quantitative estimate of drug-likeness (QED) is 0.291. The fraction of sp³-hybridized carbons (Fsp3) is 0.280. The number of urea groups is 1. The number of halogens is 1. The van der Waals surface area contributed by atoms with E-state index in [4.69, 9.17) is 11.6 Å². The molecule has 0 radical (unpaired) electrons. The molecule has 5 N–H and O–H groups in total. The lowest BCUT2D eigenvalue weighted by Crippen LogP contribution is -2.29. The van der Waals surface area contributed by atoms with Gasteiger partial charge in [-0.05, 0) is 61.1 Å². The normalized spacial score (nSPS) is 16.6. The zero-order valence-electron chi connectivity index (χ0n) is 18.5. The summed E-state index contributed by atoms with van der Waals surface area (Å²) in [7, 11) is 0. The monoisotopic (exact) mass is 476 g/mol. The smallest absolute Gasteiger partial charge is 0.324 e. The van der Waals surface area contributed by atoms with Gasteiger partial charge in [-0.25, -0.2) is 4.79 Å². The molecule has 3 heterocycles. The SMILES string of the molecule is O=C(Nc1cc(CNC2Cc3ccc(Cl)cc3C2)[nH]n1)Nc1cccc2c(O)n3c(c12)CCC3. The third kappa shape index (κ3) is 3.78. The Labute approximate surface area is 201 Å². The van der Waals surface area contributed by atoms with Gasteiger partial charge in [0.05, 0.1) is 11.4 Å². The number of nitrogens with one attached hydrogen (secondary N) is 4. The summed E-state index contributed by atoms with van der Waals surface area (Å²) in [5, 5.41) is 29.4. The lowest BCUT2D eigenvalue weighted by Gasteiger charge is -2.10. The molecular weight excluding hydrogens is 452 g/mol. The molecule has 1 atom stereocenters. The molecule has 1 aliphatic heterocycles. The van der Waals surface area contributed by atoms with Crippen LogP contribution in [0, 0.1) is 0 Å². The highest BCUT2D eigenvalue weighted by molar-refractivity contribution is 6.30. The topological polar surface area (TPSA) is 107 Å². The summed E-state index contributed by atoms with van der Waals surface area (Å²) in [6.07, 6.45) is 3.79. The third-order valence-electron chi connectivity index (χ3n) is 6.77. The first kappa shape index (κ1) is 21.1. The van der Waals surface area contributed by atoms with Crippen LogP contribution in [0.3, 0.4) is 0 Å². The van der Waals surface area contributed by atoms with Crippen molar-refractivity contribution in [2.45, 2.75) is 44.8 Å². The summed E-state index contributed by atoms with van der Waals surface area (Å²) in [5.74, 6) is 0.720. The highest BCUT2D eigenvalue weighted by Gasteiger charge is 2.24. The number of fused-ring (bicyclic) bond motifs is 4. The lowest BCUT2D eigenvalue weighted by atomic mass is 10.1. The van der Waals surface area contributed by atoms with Crippen LogP contribution in [0.2, 0.25) is 5.02 Å². The summed E-state index contributed by atoms with van der Waals surface area (Å²) >= 11 is 6.11. The Bertz CT molecular complexity index is 1410. The Hall–Kier alpha value is -3.49. The Morgan fingerprint density at radius 2 is 2.06 bits per heavy atom. The Kier molecular flexibility index (Phi) is 5.19. The first-order valence-electron chi connectivity index (χ1n) is 11.5. The molecule has 6 rings (SSSR count). The molecule has 1 unspecified atom stereocenters. The second-order valence-electron chi connectivity index (χ2n) is 9.01. The van der Waals surface area contributed by atoms with Crippen molar-refractivity contribution in [1.82, 2.24) is 20.1 Å². The summed E-state index contributed by atoms with van der Waals surface area (Å²) in [6, 6.07) is 13.4. The minimum absolute atomic E-state index is 0.268. The highest BCUT2D eigenvalue weighted by Crippen LogP contribution is 2.39. The van der Waals surface area contributed by atoms with Gasteiger partial charge >= 0.3 is 6.03 Å². The van der Waals surface area contributed by atoms with Crippen LogP contribution in [0.15, 0.2) is 42.5 Å². The molecule has 9 heteroatoms. The highest BCUT2D eigenvalue weighted by atomic mass is 35.5. The van der Waals surface area contributed by atoms with E-state index in [0.717, 1.165) is 59.4 Å². The Balaban J connectivity index is 1.08. The largest absolute Gasteiger partial charge is 0.494 e. The van der Waals surface area contributed by atoms with Crippen molar-refractivity contribution >= 4 is 39.9 Å². The van der Waals surface area contributed by atoms with Crippen LogP contribution in [0.5, 0.6) is 5.88 Å². The van der Waals surface area contributed by atoms with Crippen molar-refractivity contribution in [3.05, 3.63) is 70.0 Å². The maximum absolute atomic E-state index is 12.7. The van der Waals surface area contributed by atoms with Gasteiger partial charge in [-0.3, -0.25) is 10.4 Å². The van der Waals surface area contributed by atoms with Crippen molar-refractivity contribution in [3.8, 4) is 5.88 Å². The van der Waals surface area contributed by atoms with Gasteiger partial charge in [-0.1, -0.05) is 23.7 Å². The number of carbonyl (C=O) groups is 1. The van der Waals surface area contributed by atoms with Gasteiger partial charge < -0.3 is 20.3 Å². The second kappa shape index (κ2) is 8.38. The van der Waals surface area contributed by atoms with Crippen LogP contribution in [0.1, 0.15) is 28.9 Å². The van der Waals surface area contributed by atoms with Crippen LogP contribution < -0.4 is 16.0 Å². The number of hydrogen-bond donors (Lipinski definition) is 5. The number of nitrogens with zero attached hydrogens (tertiary/aromatic N) is 2. The standard InChI is InChI=1S/C25H25ClN6O2/c26-16-7-6-14-10-17(11-15(14)9-16)27-13-18-12-22(31-30-18)29-25(34)28-20-4-1-3-19-23(20)21-5-2-8-32(21)24(19)33/h1,3-4,6-7,9,12,17,27,33H,2,5,8,10-11,13H2,(H3,28,29,30,31,34). The predicted octanol–water partition coefficient (Wildman–Crippen LogP) is 4.57. The summed E-state index contributed by atoms with van der Waals surface area (Å²) in [6.45, 7) is 1.42. The van der Waals surface area contributed by atoms with Crippen molar-refractivity contribution in [2.75, 3.05) is 10.6 Å². The molecule has 4 aromatic rings. The van der Waals surface area contributed by atoms with Gasteiger partial charge in [0.15, 0.2) is 11.7 Å². The van der Waals surface area contributed by atoms with Crippen molar-refractivity contribution in [1.29, 1.82) is 0 Å². The fourth-order valence-electron chi connectivity index (χ4n) is 5.24. The molecule has 1 aliphatic carbocycles. The molecule has 2 aromatic carbocycles. The summed E-state index contributed by atoms with van der Waals surface area (Å²) in [5.41, 5.74) is 5.27. The molecule has 0 fully saturated rings. The van der Waals surface area contributed by atoms with E-state index < -0.39 is 0 Å². The maximum Gasteiger partial charge on any atom is 0.324 e. The number of aromatic hydroxyl groups is 1. The van der Waals surface area contributed by atoms with Gasteiger partial charge in [-0.2, -0.15) is 5.10 Å². The third-order valence-corrected chi connectivity index (χ3v) is 7.01. The van der Waals surface area contributed by atoms with Gasteiger partial charge in [0, 0.05) is 46.7 Å². The van der Waals surface area contributed by atoms with Gasteiger partial charge in [0.2, 0.25) is 0 Å². The molecule has 2 aromatic heterocycles. The van der Waals surface area contributed by atoms with Gasteiger partial charge in [0.25, 0.3) is 0 Å². The maximum atomic E-state index is 12.7. The van der Waals surface area contributed by atoms with E-state index in [9.17, 15) is 9.90 Å². The molecule has 2 amide bonds. The summed E-state index contributed by atoms with van der Waals surface area (Å²) in [4.78, 5) is 12.7. The van der Waals surface area contributed by atoms with Crippen LogP contribution in [-0.4, -0.2) is 31.9 Å². The van der Waals surface area contributed by atoms with E-state index in [1.165, 1.54) is 11.1 Å². The van der Waals surface area contributed by atoms with Crippen molar-refractivity contribution in [2.24, 2.45) is 0 Å². The zero-order valence-corrected chi connectivity index (χ0v) is 19.2. The Morgan fingerprint density at radius 1 is 1.18 bits per heavy atom. The van der Waals surface area contributed by atoms with E-state index in [1.807, 2.05) is 41.0 Å². The molecule has 2 aliphatic rings. The van der Waals surface area contributed by atoms with E-state index in [1.54, 1.807) is 0 Å². The molecule has 0 bridgehead atoms. The molecule has 174 valence electrons. The number of aryl methyl sites for hydroxylation is 1. The summed E-state index contributed by atoms with van der Waals surface area (Å²) < 4.78 is 1.93. The number of anilines is 2. The minimum Gasteiger partial charge on any atom is -0.494 e. The average molecular weight is 477 g/mol. The molecule has 0 saturated carbocycles. The van der Waals surface area contributed by atoms with E-state index in [2.05, 4.69) is 32.2 Å². The molecule has 8 nitrogen and oxygen atoms in total. The number of aromatic nitrogens is 3. The van der Waals surface area contributed by atoms with Gasteiger partial charge in [-0.15, -0.1) is 0 Å². The van der Waals surface area contributed by atoms with Crippen LogP contribution >= 0.6 is 11.6 Å². The van der Waals surface area contributed by atoms with Gasteiger partial charge in [0.1, 0.15) is 0 Å². The van der Waals surface area contributed by atoms with Crippen molar-refractivity contribution < 1.29 is 9.90 Å².